The van der Waals surface area contributed by atoms with E-state index in [-0.39, 0.29) is 12.6 Å². The lowest BCUT2D eigenvalue weighted by Gasteiger charge is -2.23. The molecule has 3 N–H and O–H groups in total. The van der Waals surface area contributed by atoms with E-state index in [9.17, 15) is 5.11 Å². The van der Waals surface area contributed by atoms with Gasteiger partial charge in [0.05, 0.1) is 6.61 Å². The van der Waals surface area contributed by atoms with Crippen molar-refractivity contribution < 1.29 is 9.84 Å². The maximum absolute atomic E-state index is 9.49. The number of rotatable bonds is 6. The zero-order valence-corrected chi connectivity index (χ0v) is 12.0. The zero-order valence-electron chi connectivity index (χ0n) is 12.0. The smallest absolute Gasteiger partial charge is 0.146 e. The van der Waals surface area contributed by atoms with Gasteiger partial charge in [-0.25, -0.2) is 4.98 Å². The third-order valence-corrected chi connectivity index (χ3v) is 3.38. The van der Waals surface area contributed by atoms with Gasteiger partial charge in [-0.15, -0.1) is 0 Å². The lowest BCUT2D eigenvalue weighted by atomic mass is 10.1. The van der Waals surface area contributed by atoms with Gasteiger partial charge in [0.25, 0.3) is 0 Å². The molecule has 1 heterocycles. The molecule has 2 rings (SSSR count). The van der Waals surface area contributed by atoms with Crippen molar-refractivity contribution in [2.24, 2.45) is 5.73 Å². The van der Waals surface area contributed by atoms with Crippen molar-refractivity contribution in [1.29, 1.82) is 0 Å². The minimum Gasteiger partial charge on any atom is -0.484 e. The van der Waals surface area contributed by atoms with E-state index in [1.165, 1.54) is 0 Å². The van der Waals surface area contributed by atoms with Gasteiger partial charge in [-0.3, -0.25) is 0 Å². The number of aliphatic hydroxyl groups excluding tert-OH is 1. The van der Waals surface area contributed by atoms with Crippen LogP contribution in [0.4, 0.5) is 0 Å². The monoisotopic (exact) mass is 274 g/mol. The normalized spacial score (nSPS) is 14.2. The van der Waals surface area contributed by atoms with Gasteiger partial charge in [-0.05, 0) is 25.5 Å². The van der Waals surface area contributed by atoms with Crippen molar-refractivity contribution >= 4 is 10.9 Å². The van der Waals surface area contributed by atoms with Crippen molar-refractivity contribution in [1.82, 2.24) is 4.98 Å². The highest BCUT2D eigenvalue weighted by molar-refractivity contribution is 5.84. The van der Waals surface area contributed by atoms with Gasteiger partial charge in [-0.2, -0.15) is 0 Å². The molecule has 2 aromatic rings. The zero-order chi connectivity index (χ0) is 14.5. The van der Waals surface area contributed by atoms with E-state index in [4.69, 9.17) is 10.5 Å². The first-order chi connectivity index (χ1) is 9.65. The fourth-order valence-corrected chi connectivity index (χ4v) is 2.25. The van der Waals surface area contributed by atoms with E-state index in [0.717, 1.165) is 29.4 Å². The summed E-state index contributed by atoms with van der Waals surface area (Å²) in [5, 5.41) is 10.5. The topological polar surface area (TPSA) is 68.4 Å². The molecule has 0 fully saturated rings. The van der Waals surface area contributed by atoms with Gasteiger partial charge < -0.3 is 15.6 Å². The first kappa shape index (κ1) is 14.8. The van der Waals surface area contributed by atoms with Crippen LogP contribution in [0, 0.1) is 6.92 Å². The second-order valence-corrected chi connectivity index (χ2v) is 5.07. The van der Waals surface area contributed by atoms with Crippen LogP contribution in [0.25, 0.3) is 10.9 Å². The molecule has 4 nitrogen and oxygen atoms in total. The average molecular weight is 274 g/mol. The van der Waals surface area contributed by atoms with Crippen LogP contribution in [0.2, 0.25) is 0 Å². The number of aliphatic hydroxyl groups is 1. The Bertz CT molecular complexity index is 571. The minimum absolute atomic E-state index is 0.0939. The number of hydrogen-bond donors (Lipinski definition) is 2. The second kappa shape index (κ2) is 6.68. The van der Waals surface area contributed by atoms with Crippen LogP contribution in [-0.4, -0.2) is 28.8 Å². The summed E-state index contributed by atoms with van der Waals surface area (Å²) < 4.78 is 5.91. The number of fused-ring (bicyclic) bond motifs is 1. The number of para-hydroxylation sites is 1. The summed E-state index contributed by atoms with van der Waals surface area (Å²) in [7, 11) is 0. The molecule has 0 aliphatic heterocycles. The van der Waals surface area contributed by atoms with E-state index in [0.29, 0.717) is 5.75 Å². The maximum Gasteiger partial charge on any atom is 0.146 e. The molecule has 2 unspecified atom stereocenters. The standard InChI is InChI=1S/C16H22N2O2/c1-3-5-13(17)15(10-19)20-14-7-4-6-12-9-8-11(2)18-16(12)14/h4,6-9,13,15,19H,3,5,10,17H2,1-2H3. The second-order valence-electron chi connectivity index (χ2n) is 5.07. The lowest BCUT2D eigenvalue weighted by Crippen LogP contribution is -2.41. The van der Waals surface area contributed by atoms with E-state index in [1.807, 2.05) is 37.3 Å². The predicted molar refractivity (Wildman–Crippen MR) is 80.9 cm³/mol. The molecule has 0 radical (unpaired) electrons. The van der Waals surface area contributed by atoms with E-state index >= 15 is 0 Å². The molecule has 2 atom stereocenters. The predicted octanol–water partition coefficient (Wildman–Crippen LogP) is 2.41. The lowest BCUT2D eigenvalue weighted by molar-refractivity contribution is 0.0928. The molecule has 4 heteroatoms. The fourth-order valence-electron chi connectivity index (χ4n) is 2.25. The summed E-state index contributed by atoms with van der Waals surface area (Å²) >= 11 is 0. The Balaban J connectivity index is 2.30. The van der Waals surface area contributed by atoms with Crippen LogP contribution in [-0.2, 0) is 0 Å². The molecule has 0 saturated carbocycles. The molecule has 20 heavy (non-hydrogen) atoms. The van der Waals surface area contributed by atoms with Gasteiger partial charge >= 0.3 is 0 Å². The largest absolute Gasteiger partial charge is 0.484 e. The molecule has 108 valence electrons. The number of benzene rings is 1. The first-order valence-corrected chi connectivity index (χ1v) is 7.05. The van der Waals surface area contributed by atoms with Crippen molar-refractivity contribution in [3.05, 3.63) is 36.0 Å². The number of aryl methyl sites for hydroxylation is 1. The van der Waals surface area contributed by atoms with Gasteiger partial charge in [-0.1, -0.05) is 31.5 Å². The molecule has 0 bridgehead atoms. The molecule has 0 amide bonds. The number of aromatic nitrogens is 1. The molecular formula is C16H22N2O2. The van der Waals surface area contributed by atoms with Gasteiger partial charge in [0.2, 0.25) is 0 Å². The average Bonchev–Trinajstić information content (AvgIpc) is 2.45. The molecule has 1 aromatic heterocycles. The SMILES string of the molecule is CCCC(N)C(CO)Oc1cccc2ccc(C)nc12. The quantitative estimate of drug-likeness (QED) is 0.848. The van der Waals surface area contributed by atoms with E-state index in [1.54, 1.807) is 0 Å². The van der Waals surface area contributed by atoms with E-state index in [2.05, 4.69) is 11.9 Å². The molecule has 1 aromatic carbocycles. The Hall–Kier alpha value is -1.65. The third kappa shape index (κ3) is 3.26. The Morgan fingerprint density at radius 2 is 2.10 bits per heavy atom. The highest BCUT2D eigenvalue weighted by atomic mass is 16.5. The van der Waals surface area contributed by atoms with Gasteiger partial charge in [0.15, 0.2) is 0 Å². The summed E-state index contributed by atoms with van der Waals surface area (Å²) in [5.41, 5.74) is 7.81. The Labute approximate surface area is 119 Å². The Morgan fingerprint density at radius 1 is 1.30 bits per heavy atom. The van der Waals surface area contributed by atoms with Crippen LogP contribution in [0.15, 0.2) is 30.3 Å². The van der Waals surface area contributed by atoms with Crippen LogP contribution in [0.1, 0.15) is 25.5 Å². The Morgan fingerprint density at radius 3 is 2.80 bits per heavy atom. The van der Waals surface area contributed by atoms with Crippen LogP contribution in [0.3, 0.4) is 0 Å². The van der Waals surface area contributed by atoms with Crippen LogP contribution >= 0.6 is 0 Å². The molecule has 0 aliphatic rings. The van der Waals surface area contributed by atoms with Gasteiger partial charge in [0, 0.05) is 17.1 Å². The highest BCUT2D eigenvalue weighted by Crippen LogP contribution is 2.25. The fraction of sp³-hybridized carbons (Fsp3) is 0.438. The third-order valence-electron chi connectivity index (χ3n) is 3.38. The van der Waals surface area contributed by atoms with E-state index < -0.39 is 6.10 Å². The minimum atomic E-state index is -0.400. The summed E-state index contributed by atoms with van der Waals surface area (Å²) in [6.45, 7) is 3.92. The first-order valence-electron chi connectivity index (χ1n) is 7.05. The number of hydrogen-bond acceptors (Lipinski definition) is 4. The summed E-state index contributed by atoms with van der Waals surface area (Å²) in [5.74, 6) is 0.678. The maximum atomic E-state index is 9.49. The van der Waals surface area contributed by atoms with Crippen molar-refractivity contribution in [3.63, 3.8) is 0 Å². The number of ether oxygens (including phenoxy) is 1. The van der Waals surface area contributed by atoms with Crippen molar-refractivity contribution in [2.45, 2.75) is 38.8 Å². The number of pyridine rings is 1. The van der Waals surface area contributed by atoms with Gasteiger partial charge in [0.1, 0.15) is 17.4 Å². The summed E-state index contributed by atoms with van der Waals surface area (Å²) in [6, 6.07) is 9.60. The highest BCUT2D eigenvalue weighted by Gasteiger charge is 2.19. The number of nitrogens with zero attached hydrogens (tertiary/aromatic N) is 1. The van der Waals surface area contributed by atoms with Crippen molar-refractivity contribution in [2.75, 3.05) is 6.61 Å². The summed E-state index contributed by atoms with van der Waals surface area (Å²) in [4.78, 5) is 4.52. The summed E-state index contributed by atoms with van der Waals surface area (Å²) in [6.07, 6.45) is 1.39. The van der Waals surface area contributed by atoms with Crippen molar-refractivity contribution in [3.8, 4) is 5.75 Å². The molecular weight excluding hydrogens is 252 g/mol. The number of nitrogens with two attached hydrogens (primary N) is 1. The molecule has 0 saturated heterocycles. The molecule has 0 spiro atoms. The Kier molecular flexibility index (Phi) is 4.93. The van der Waals surface area contributed by atoms with Crippen LogP contribution < -0.4 is 10.5 Å². The van der Waals surface area contributed by atoms with Crippen LogP contribution in [0.5, 0.6) is 5.75 Å². The molecule has 0 aliphatic carbocycles.